The maximum atomic E-state index is 3.53. The van der Waals surface area contributed by atoms with Gasteiger partial charge in [-0.1, -0.05) is 84.0 Å². The smallest absolute Gasteiger partial charge is 1.00 e. The number of fused-ring (bicyclic) bond motifs is 6. The van der Waals surface area contributed by atoms with E-state index in [1.807, 2.05) is 0 Å². The van der Waals surface area contributed by atoms with Crippen LogP contribution < -0.4 is 24.8 Å². The molecular formula is C35H30Cl2GeZr-2. The molecular weight excluding hydrogens is 655 g/mol. The molecule has 0 fully saturated rings. The van der Waals surface area contributed by atoms with E-state index in [2.05, 4.69) is 146 Å². The maximum absolute atomic E-state index is 3.53. The number of allylic oxidation sites excluding steroid dienone is 10. The summed E-state index contributed by atoms with van der Waals surface area (Å²) in [6, 6.07) is 23.8. The predicted octanol–water partition coefficient (Wildman–Crippen LogP) is 2.74. The van der Waals surface area contributed by atoms with Crippen molar-refractivity contribution in [3.8, 4) is 11.1 Å². The molecule has 4 aliphatic rings. The first-order chi connectivity index (χ1) is 18.0. The molecule has 4 heteroatoms. The van der Waals surface area contributed by atoms with Crippen LogP contribution in [-0.4, -0.2) is 9.98 Å². The van der Waals surface area contributed by atoms with Gasteiger partial charge in [0.2, 0.25) is 0 Å². The van der Waals surface area contributed by atoms with Crippen LogP contribution in [0.15, 0.2) is 126 Å². The Bertz CT molecular complexity index is 1520. The van der Waals surface area contributed by atoms with Crippen LogP contribution in [0.3, 0.4) is 0 Å². The summed E-state index contributed by atoms with van der Waals surface area (Å²) in [6.07, 6.45) is 24.2. The van der Waals surface area contributed by atoms with Gasteiger partial charge in [-0.15, -0.1) is 88.1 Å². The summed E-state index contributed by atoms with van der Waals surface area (Å²) < 4.78 is 0. The molecule has 7 rings (SSSR count). The van der Waals surface area contributed by atoms with Crippen molar-refractivity contribution in [3.05, 3.63) is 166 Å². The van der Waals surface area contributed by atoms with Gasteiger partial charge in [0.05, 0.1) is 0 Å². The fraction of sp³-hybridized carbons (Fsp3) is 0.143. The van der Waals surface area contributed by atoms with Gasteiger partial charge in [-0.2, -0.15) is 0 Å². The van der Waals surface area contributed by atoms with Crippen molar-refractivity contribution in [2.45, 2.75) is 30.3 Å². The fourth-order valence-corrected chi connectivity index (χ4v) is 4.97. The van der Waals surface area contributed by atoms with Gasteiger partial charge in [0.25, 0.3) is 0 Å². The van der Waals surface area contributed by atoms with E-state index in [1.54, 1.807) is 21.6 Å². The minimum Gasteiger partial charge on any atom is -1.00 e. The number of hydrogen-bond acceptors (Lipinski definition) is 0. The number of halogens is 2. The van der Waals surface area contributed by atoms with E-state index >= 15 is 0 Å². The Labute approximate surface area is 262 Å². The van der Waals surface area contributed by atoms with Gasteiger partial charge in [0.1, 0.15) is 0 Å². The van der Waals surface area contributed by atoms with Crippen molar-refractivity contribution in [2.75, 3.05) is 0 Å². The molecule has 0 nitrogen and oxygen atoms in total. The normalized spacial score (nSPS) is 17.8. The van der Waals surface area contributed by atoms with Crippen molar-refractivity contribution in [1.29, 1.82) is 0 Å². The summed E-state index contributed by atoms with van der Waals surface area (Å²) in [7, 11) is -0.243. The van der Waals surface area contributed by atoms with Crippen molar-refractivity contribution in [3.63, 3.8) is 0 Å². The number of benzene rings is 3. The molecule has 4 aliphatic carbocycles. The molecule has 39 heavy (non-hydrogen) atoms. The van der Waals surface area contributed by atoms with E-state index in [0.717, 1.165) is 0 Å². The quantitative estimate of drug-likeness (QED) is 0.274. The molecule has 0 spiro atoms. The van der Waals surface area contributed by atoms with Crippen molar-refractivity contribution in [2.24, 2.45) is 0 Å². The van der Waals surface area contributed by atoms with Crippen LogP contribution in [0.5, 0.6) is 0 Å². The molecule has 194 valence electrons. The van der Waals surface area contributed by atoms with Crippen molar-refractivity contribution >= 4 is 9.98 Å². The molecule has 0 N–H and O–H groups in total. The summed E-state index contributed by atoms with van der Waals surface area (Å²) in [5.74, 6) is 5.61. The Kier molecular flexibility index (Phi) is 11.9. The number of aryl methyl sites for hydroxylation is 1. The first-order valence-electron chi connectivity index (χ1n) is 12.8. The summed E-state index contributed by atoms with van der Waals surface area (Å²) in [6.45, 7) is 2.13. The van der Waals surface area contributed by atoms with Crippen molar-refractivity contribution in [1.82, 2.24) is 0 Å². The summed E-state index contributed by atoms with van der Waals surface area (Å²) in [5, 5.41) is 0. The first-order valence-corrected chi connectivity index (χ1v) is 24.4. The van der Waals surface area contributed by atoms with Crippen molar-refractivity contribution < 1.29 is 46.4 Å². The Morgan fingerprint density at radius 2 is 1.15 bits per heavy atom. The first kappa shape index (κ1) is 31.6. The molecule has 0 saturated carbocycles. The Hall–Kier alpha value is -1.89. The second kappa shape index (κ2) is 14.7. The predicted molar refractivity (Wildman–Crippen MR) is 154 cm³/mol. The average molecular weight is 685 g/mol. The fourth-order valence-electron chi connectivity index (χ4n) is 4.97. The summed E-state index contributed by atoms with van der Waals surface area (Å²) >= 11 is 1.80. The van der Waals surface area contributed by atoms with E-state index in [-0.39, 0.29) is 34.8 Å². The summed E-state index contributed by atoms with van der Waals surface area (Å²) in [4.78, 5) is 0. The van der Waals surface area contributed by atoms with Crippen LogP contribution in [0.2, 0.25) is 11.5 Å². The van der Waals surface area contributed by atoms with E-state index < -0.39 is 0 Å². The zero-order valence-corrected chi connectivity index (χ0v) is 28.4. The van der Waals surface area contributed by atoms with E-state index in [9.17, 15) is 0 Å². The second-order valence-corrected chi connectivity index (χ2v) is 26.8. The molecule has 3 aromatic carbocycles. The van der Waals surface area contributed by atoms with E-state index in [0.29, 0.717) is 11.8 Å². The zero-order valence-electron chi connectivity index (χ0n) is 22.4. The van der Waals surface area contributed by atoms with Gasteiger partial charge >= 0.3 is 43.1 Å². The van der Waals surface area contributed by atoms with Gasteiger partial charge in [-0.25, -0.2) is 0 Å². The van der Waals surface area contributed by atoms with E-state index in [1.165, 1.54) is 50.1 Å². The number of rotatable bonds is 1. The molecule has 0 aromatic heterocycles. The van der Waals surface area contributed by atoms with Gasteiger partial charge in [-0.3, -0.25) is 0 Å². The molecule has 0 heterocycles. The third kappa shape index (κ3) is 7.65. The third-order valence-corrected chi connectivity index (χ3v) is 6.65. The average Bonchev–Trinajstić information content (AvgIpc) is 3.46. The molecule has 0 aliphatic heterocycles. The minimum atomic E-state index is -0.243. The van der Waals surface area contributed by atoms with Crippen LogP contribution >= 0.6 is 0 Å². The number of hydrogen-bond donors (Lipinski definition) is 0. The Morgan fingerprint density at radius 3 is 1.72 bits per heavy atom. The van der Waals surface area contributed by atoms with Crippen LogP contribution in [0.1, 0.15) is 39.7 Å². The van der Waals surface area contributed by atoms with Crippen LogP contribution in [-0.2, 0) is 21.6 Å². The molecule has 2 unspecified atom stereocenters. The van der Waals surface area contributed by atoms with Crippen LogP contribution in [0, 0.1) is 19.1 Å². The Morgan fingerprint density at radius 1 is 0.641 bits per heavy atom. The molecule has 3 aromatic rings. The van der Waals surface area contributed by atoms with Gasteiger partial charge in [0, 0.05) is 0 Å². The van der Waals surface area contributed by atoms with Gasteiger partial charge < -0.3 is 24.8 Å². The molecule has 0 amide bonds. The molecule has 0 radical (unpaired) electrons. The summed E-state index contributed by atoms with van der Waals surface area (Å²) in [5.41, 5.74) is 11.7. The second-order valence-electron chi connectivity index (χ2n) is 9.86. The van der Waals surface area contributed by atoms with Gasteiger partial charge in [-0.05, 0) is 24.3 Å². The van der Waals surface area contributed by atoms with Gasteiger partial charge in [0.15, 0.2) is 0 Å². The third-order valence-electron chi connectivity index (χ3n) is 6.65. The standard InChI is InChI=1S/C19H13.C14H11.C2H6Ge.2ClH.Zr/c1-2-6-14(7-3-1)15-10-11-19-17(12-15)13-16-8-4-5-9-18(16)19;1-10-6-7-14-12(8-10)9-11-4-2-3-5-13(11)14;1-3-2;;;/h1-12,18H;2-8,13H,1H3;1-2H3;2*1H;/q2*-1;;;;+2/p-2. The Balaban J connectivity index is 0.000000187. The monoisotopic (exact) mass is 684 g/mol. The topological polar surface area (TPSA) is 0 Å². The molecule has 2 atom stereocenters. The molecule has 0 saturated heterocycles. The molecule has 0 bridgehead atoms. The maximum Gasteiger partial charge on any atom is -1.00 e. The largest absolute Gasteiger partial charge is 1.00 e. The minimum absolute atomic E-state index is 0. The van der Waals surface area contributed by atoms with E-state index in [4.69, 9.17) is 0 Å². The zero-order chi connectivity index (χ0) is 25.8. The van der Waals surface area contributed by atoms with Crippen LogP contribution in [0.4, 0.5) is 0 Å². The van der Waals surface area contributed by atoms with Crippen LogP contribution in [0.25, 0.3) is 11.1 Å². The SMILES string of the molecule is Cc1ccc2c(c1)[C-]=C1C=CC=CC12.[C-]1=C2C=CC=CC2c2ccc(-c3ccccc3)cc21.[CH3][Ge]([CH3])=[Zr+2].[Cl-].[Cl-].